The van der Waals surface area contributed by atoms with Gasteiger partial charge in [-0.15, -0.1) is 0 Å². The molecular weight excluding hydrogens is 494 g/mol. The van der Waals surface area contributed by atoms with Crippen molar-refractivity contribution in [3.8, 4) is 6.07 Å². The third-order valence-corrected chi connectivity index (χ3v) is 8.83. The van der Waals surface area contributed by atoms with Crippen molar-refractivity contribution in [1.29, 1.82) is 5.26 Å². The van der Waals surface area contributed by atoms with Gasteiger partial charge in [-0.05, 0) is 80.1 Å². The Bertz CT molecular complexity index is 1420. The molecule has 1 aliphatic rings. The monoisotopic (exact) mass is 521 g/mol. The zero-order chi connectivity index (χ0) is 26.1. The number of nitrogens with one attached hydrogen (secondary N) is 1. The second-order valence-corrected chi connectivity index (χ2v) is 11.8. The Morgan fingerprint density at radius 1 is 1.03 bits per heavy atom. The van der Waals surface area contributed by atoms with Crippen molar-refractivity contribution in [2.75, 3.05) is 11.9 Å². The van der Waals surface area contributed by atoms with Gasteiger partial charge >= 0.3 is 0 Å². The van der Waals surface area contributed by atoms with E-state index in [0.29, 0.717) is 27.4 Å². The van der Waals surface area contributed by atoms with E-state index in [-0.39, 0.29) is 18.0 Å². The standard InChI is InChI=1S/C28H28ClN3O3S/c1-19-14-20(2)27(21(3)15-19)36(34,35)32(16-22-4-8-24(29)9-5-22)17-26(33)31-25-10-6-23(7-11-25)28(18-30)12-13-28/h4-11,14-15H,12-13,16-17H2,1-3H3,(H,31,33). The van der Waals surface area contributed by atoms with Gasteiger partial charge < -0.3 is 5.32 Å². The van der Waals surface area contributed by atoms with Gasteiger partial charge in [-0.3, -0.25) is 4.79 Å². The van der Waals surface area contributed by atoms with E-state index in [1.165, 1.54) is 4.31 Å². The molecule has 8 heteroatoms. The van der Waals surface area contributed by atoms with Crippen LogP contribution in [-0.2, 0) is 26.8 Å². The molecule has 0 unspecified atom stereocenters. The number of aryl methyl sites for hydroxylation is 3. The lowest BCUT2D eigenvalue weighted by atomic mass is 9.98. The molecule has 0 spiro atoms. The quantitative estimate of drug-likeness (QED) is 0.414. The van der Waals surface area contributed by atoms with Gasteiger partial charge in [-0.2, -0.15) is 9.57 Å². The number of carbonyl (C=O) groups is 1. The number of sulfonamides is 1. The van der Waals surface area contributed by atoms with E-state index in [1.807, 2.05) is 31.2 Å². The van der Waals surface area contributed by atoms with E-state index < -0.39 is 21.3 Å². The SMILES string of the molecule is Cc1cc(C)c(S(=O)(=O)N(CC(=O)Nc2ccc(C3(C#N)CC3)cc2)Cc2ccc(Cl)cc2)c(C)c1. The molecule has 0 heterocycles. The minimum atomic E-state index is -3.99. The molecule has 1 N–H and O–H groups in total. The average molecular weight is 522 g/mol. The number of nitriles is 1. The summed E-state index contributed by atoms with van der Waals surface area (Å²) >= 11 is 6.00. The molecule has 1 aliphatic carbocycles. The average Bonchev–Trinajstić information content (AvgIpc) is 3.61. The molecule has 0 bridgehead atoms. The first kappa shape index (κ1) is 25.9. The summed E-state index contributed by atoms with van der Waals surface area (Å²) in [5.41, 5.74) is 4.03. The van der Waals surface area contributed by atoms with Crippen molar-refractivity contribution in [1.82, 2.24) is 4.31 Å². The topological polar surface area (TPSA) is 90.3 Å². The Hall–Kier alpha value is -3.18. The molecule has 36 heavy (non-hydrogen) atoms. The van der Waals surface area contributed by atoms with E-state index in [2.05, 4.69) is 11.4 Å². The summed E-state index contributed by atoms with van der Waals surface area (Å²) in [6, 6.07) is 20.1. The van der Waals surface area contributed by atoms with Crippen molar-refractivity contribution in [2.24, 2.45) is 0 Å². The third-order valence-electron chi connectivity index (χ3n) is 6.48. The molecule has 0 radical (unpaired) electrons. The zero-order valence-electron chi connectivity index (χ0n) is 20.5. The van der Waals surface area contributed by atoms with Crippen LogP contribution in [0.15, 0.2) is 65.6 Å². The number of hydrogen-bond donors (Lipinski definition) is 1. The van der Waals surface area contributed by atoms with Crippen LogP contribution in [0, 0.1) is 32.1 Å². The fourth-order valence-corrected chi connectivity index (χ4v) is 6.47. The molecule has 1 amide bonds. The second kappa shape index (κ2) is 10.1. The minimum Gasteiger partial charge on any atom is -0.325 e. The molecule has 1 saturated carbocycles. The smallest absolute Gasteiger partial charge is 0.244 e. The van der Waals surface area contributed by atoms with Crippen LogP contribution in [0.2, 0.25) is 5.02 Å². The molecule has 0 aliphatic heterocycles. The van der Waals surface area contributed by atoms with E-state index in [0.717, 1.165) is 24.0 Å². The Morgan fingerprint density at radius 3 is 2.14 bits per heavy atom. The highest BCUT2D eigenvalue weighted by Gasteiger charge is 2.44. The molecule has 6 nitrogen and oxygen atoms in total. The highest BCUT2D eigenvalue weighted by molar-refractivity contribution is 7.89. The summed E-state index contributed by atoms with van der Waals surface area (Å²) in [7, 11) is -3.99. The van der Waals surface area contributed by atoms with Gasteiger partial charge in [-0.1, -0.05) is 53.6 Å². The van der Waals surface area contributed by atoms with Crippen molar-refractivity contribution in [3.63, 3.8) is 0 Å². The van der Waals surface area contributed by atoms with Crippen LogP contribution in [-0.4, -0.2) is 25.2 Å². The predicted octanol–water partition coefficient (Wildman–Crippen LogP) is 5.65. The maximum absolute atomic E-state index is 13.8. The number of halogens is 1. The van der Waals surface area contributed by atoms with E-state index in [4.69, 9.17) is 11.6 Å². The van der Waals surface area contributed by atoms with Gasteiger partial charge in [0.1, 0.15) is 0 Å². The lowest BCUT2D eigenvalue weighted by Gasteiger charge is -2.24. The molecule has 0 atom stereocenters. The van der Waals surface area contributed by atoms with Gasteiger partial charge in [0.2, 0.25) is 15.9 Å². The highest BCUT2D eigenvalue weighted by Crippen LogP contribution is 2.47. The maximum atomic E-state index is 13.8. The highest BCUT2D eigenvalue weighted by atomic mass is 35.5. The minimum absolute atomic E-state index is 0.0172. The third kappa shape index (κ3) is 5.46. The normalized spacial score (nSPS) is 14.3. The van der Waals surface area contributed by atoms with Crippen LogP contribution in [0.1, 0.15) is 40.7 Å². The van der Waals surface area contributed by atoms with E-state index in [1.54, 1.807) is 50.2 Å². The Kier molecular flexibility index (Phi) is 7.24. The summed E-state index contributed by atoms with van der Waals surface area (Å²) in [6.45, 7) is 5.11. The molecule has 3 aromatic rings. The van der Waals surface area contributed by atoms with Crippen LogP contribution >= 0.6 is 11.6 Å². The summed E-state index contributed by atoms with van der Waals surface area (Å²) in [6.07, 6.45) is 1.68. The van der Waals surface area contributed by atoms with Crippen LogP contribution in [0.5, 0.6) is 0 Å². The van der Waals surface area contributed by atoms with Crippen molar-refractivity contribution >= 4 is 33.2 Å². The molecule has 0 saturated heterocycles. The molecule has 1 fully saturated rings. The van der Waals surface area contributed by atoms with Gasteiger partial charge in [0.05, 0.1) is 22.9 Å². The lowest BCUT2D eigenvalue weighted by molar-refractivity contribution is -0.116. The van der Waals surface area contributed by atoms with Crippen molar-refractivity contribution in [2.45, 2.75) is 50.5 Å². The summed E-state index contributed by atoms with van der Waals surface area (Å²) in [5, 5.41) is 12.7. The van der Waals surface area contributed by atoms with E-state index >= 15 is 0 Å². The fraction of sp³-hybridized carbons (Fsp3) is 0.286. The first-order valence-electron chi connectivity index (χ1n) is 11.7. The van der Waals surface area contributed by atoms with Crippen LogP contribution in [0.4, 0.5) is 5.69 Å². The number of anilines is 1. The molecular formula is C28H28ClN3O3S. The largest absolute Gasteiger partial charge is 0.325 e. The van der Waals surface area contributed by atoms with Gasteiger partial charge in [-0.25, -0.2) is 8.42 Å². The number of rotatable bonds is 8. The summed E-state index contributed by atoms with van der Waals surface area (Å²) in [5.74, 6) is -0.455. The van der Waals surface area contributed by atoms with Crippen molar-refractivity contribution < 1.29 is 13.2 Å². The molecule has 0 aromatic heterocycles. The Balaban J connectivity index is 1.60. The number of carbonyl (C=O) groups excluding carboxylic acids is 1. The van der Waals surface area contributed by atoms with Gasteiger partial charge in [0.15, 0.2) is 0 Å². The summed E-state index contributed by atoms with van der Waals surface area (Å²) in [4.78, 5) is 13.2. The van der Waals surface area contributed by atoms with Gasteiger partial charge in [0, 0.05) is 17.3 Å². The maximum Gasteiger partial charge on any atom is 0.244 e. The number of amides is 1. The molecule has 186 valence electrons. The first-order valence-corrected chi connectivity index (χ1v) is 13.5. The lowest BCUT2D eigenvalue weighted by Crippen LogP contribution is -2.38. The second-order valence-electron chi connectivity index (χ2n) is 9.45. The fourth-order valence-electron chi connectivity index (χ4n) is 4.55. The molecule has 4 rings (SSSR count). The van der Waals surface area contributed by atoms with E-state index in [9.17, 15) is 18.5 Å². The zero-order valence-corrected chi connectivity index (χ0v) is 22.1. The predicted molar refractivity (Wildman–Crippen MR) is 141 cm³/mol. The van der Waals surface area contributed by atoms with Crippen LogP contribution in [0.25, 0.3) is 0 Å². The summed E-state index contributed by atoms with van der Waals surface area (Å²) < 4.78 is 28.9. The van der Waals surface area contributed by atoms with Crippen LogP contribution in [0.3, 0.4) is 0 Å². The number of hydrogen-bond acceptors (Lipinski definition) is 4. The van der Waals surface area contributed by atoms with Gasteiger partial charge in [0.25, 0.3) is 0 Å². The Labute approximate surface area is 217 Å². The van der Waals surface area contributed by atoms with Crippen molar-refractivity contribution in [3.05, 3.63) is 93.5 Å². The first-order chi connectivity index (χ1) is 17.0. The van der Waals surface area contributed by atoms with Crippen LogP contribution < -0.4 is 5.32 Å². The Morgan fingerprint density at radius 2 is 1.61 bits per heavy atom. The number of benzene rings is 3. The molecule has 3 aromatic carbocycles. The number of nitrogens with zero attached hydrogens (tertiary/aromatic N) is 2.